The van der Waals surface area contributed by atoms with E-state index in [-0.39, 0.29) is 30.8 Å². The molecule has 1 saturated heterocycles. The highest BCUT2D eigenvalue weighted by Crippen LogP contribution is 2.34. The van der Waals surface area contributed by atoms with Crippen LogP contribution in [0.1, 0.15) is 42.1 Å². The van der Waals surface area contributed by atoms with Crippen LogP contribution in [-0.2, 0) is 22.4 Å². The van der Waals surface area contributed by atoms with Crippen molar-refractivity contribution in [2.24, 2.45) is 0 Å². The Kier molecular flexibility index (Phi) is 5.28. The molecule has 1 aliphatic heterocycles. The Bertz CT molecular complexity index is 1450. The summed E-state index contributed by atoms with van der Waals surface area (Å²) < 4.78 is 0. The lowest BCUT2D eigenvalue weighted by molar-refractivity contribution is -0.131. The summed E-state index contributed by atoms with van der Waals surface area (Å²) in [5.74, 6) is -0.585. The van der Waals surface area contributed by atoms with E-state index in [2.05, 4.69) is 26.7 Å². The van der Waals surface area contributed by atoms with Crippen molar-refractivity contribution in [1.29, 1.82) is 0 Å². The highest BCUT2D eigenvalue weighted by molar-refractivity contribution is 6.06. The van der Waals surface area contributed by atoms with Crippen LogP contribution in [0.25, 0.3) is 21.8 Å². The van der Waals surface area contributed by atoms with Gasteiger partial charge < -0.3 is 20.6 Å². The van der Waals surface area contributed by atoms with Crippen LogP contribution in [0.4, 0.5) is 4.79 Å². The molecule has 1 fully saturated rings. The zero-order chi connectivity index (χ0) is 23.9. The molecule has 1 aliphatic carbocycles. The van der Waals surface area contributed by atoms with Gasteiger partial charge in [-0.2, -0.15) is 0 Å². The van der Waals surface area contributed by atoms with Crippen molar-refractivity contribution in [2.75, 3.05) is 6.54 Å². The first-order valence-corrected chi connectivity index (χ1v) is 12.1. The van der Waals surface area contributed by atoms with Gasteiger partial charge in [0.15, 0.2) is 0 Å². The number of H-pyrrole nitrogens is 2. The number of nitrogens with one attached hydrogen (secondary N) is 4. The Morgan fingerprint density at radius 1 is 1.03 bits per heavy atom. The third-order valence-corrected chi connectivity index (χ3v) is 7.23. The minimum atomic E-state index is -0.837. The van der Waals surface area contributed by atoms with Crippen LogP contribution >= 0.6 is 0 Å². The number of benzene rings is 2. The van der Waals surface area contributed by atoms with Gasteiger partial charge in [-0.25, -0.2) is 4.79 Å². The molecule has 6 rings (SSSR count). The predicted octanol–water partition coefficient (Wildman–Crippen LogP) is 3.70. The van der Waals surface area contributed by atoms with E-state index in [1.165, 1.54) is 15.8 Å². The van der Waals surface area contributed by atoms with Crippen LogP contribution in [-0.4, -0.2) is 45.3 Å². The SMILES string of the molecule is O=C(C[C@H]1NC(=O)N(CCc2c[nH]c3ccccc23)C1=O)N[C@@H]1CCCc2c1[nH]c1ccccc21. The number of imide groups is 1. The average molecular weight is 470 g/mol. The molecule has 2 aromatic heterocycles. The van der Waals surface area contributed by atoms with E-state index in [0.717, 1.165) is 46.9 Å². The number of aryl methyl sites for hydroxylation is 1. The van der Waals surface area contributed by atoms with Gasteiger partial charge in [0.1, 0.15) is 6.04 Å². The van der Waals surface area contributed by atoms with Crippen molar-refractivity contribution in [2.45, 2.75) is 44.2 Å². The highest BCUT2D eigenvalue weighted by Gasteiger charge is 2.39. The largest absolute Gasteiger partial charge is 0.361 e. The number of carbonyl (C=O) groups excluding carboxylic acids is 3. The molecule has 2 aromatic carbocycles. The van der Waals surface area contributed by atoms with Gasteiger partial charge in [0, 0.05) is 40.2 Å². The molecule has 0 unspecified atom stereocenters. The van der Waals surface area contributed by atoms with Gasteiger partial charge in [0.05, 0.1) is 12.5 Å². The fourth-order valence-electron chi connectivity index (χ4n) is 5.50. The smallest absolute Gasteiger partial charge is 0.324 e. The molecule has 3 heterocycles. The lowest BCUT2D eigenvalue weighted by atomic mass is 9.91. The summed E-state index contributed by atoms with van der Waals surface area (Å²) in [4.78, 5) is 46.2. The molecule has 2 atom stereocenters. The van der Waals surface area contributed by atoms with Crippen molar-refractivity contribution in [3.63, 3.8) is 0 Å². The number of hydrogen-bond donors (Lipinski definition) is 4. The molecular formula is C27H27N5O3. The standard InChI is InChI=1S/C27H27N5O3/c33-24(29-22-11-5-8-19-18-7-2-4-10-21(18)30-25(19)22)14-23-26(34)32(27(35)31-23)13-12-16-15-28-20-9-3-1-6-17(16)20/h1-4,6-7,9-10,15,22-23,28,30H,5,8,11-14H2,(H,29,33)(H,31,35)/t22-,23-/m1/s1. The van der Waals surface area contributed by atoms with E-state index in [4.69, 9.17) is 0 Å². The number of fused-ring (bicyclic) bond motifs is 4. The normalized spacial score (nSPS) is 19.8. The number of rotatable bonds is 6. The van der Waals surface area contributed by atoms with Crippen molar-refractivity contribution in [1.82, 2.24) is 25.5 Å². The second-order valence-corrected chi connectivity index (χ2v) is 9.38. The van der Waals surface area contributed by atoms with E-state index < -0.39 is 12.1 Å². The summed E-state index contributed by atoms with van der Waals surface area (Å²) in [6, 6.07) is 14.7. The van der Waals surface area contributed by atoms with E-state index in [9.17, 15) is 14.4 Å². The Labute approximate surface area is 202 Å². The molecule has 8 heteroatoms. The number of para-hydroxylation sites is 2. The number of amides is 4. The van der Waals surface area contributed by atoms with Gasteiger partial charge >= 0.3 is 6.03 Å². The molecule has 0 radical (unpaired) electrons. The fourth-order valence-corrected chi connectivity index (χ4v) is 5.50. The van der Waals surface area contributed by atoms with E-state index >= 15 is 0 Å². The zero-order valence-electron chi connectivity index (χ0n) is 19.3. The molecular weight excluding hydrogens is 442 g/mol. The molecule has 4 aromatic rings. The third kappa shape index (κ3) is 3.84. The van der Waals surface area contributed by atoms with Crippen LogP contribution in [0.5, 0.6) is 0 Å². The number of urea groups is 1. The quantitative estimate of drug-likeness (QED) is 0.323. The minimum Gasteiger partial charge on any atom is -0.361 e. The van der Waals surface area contributed by atoms with Crippen LogP contribution < -0.4 is 10.6 Å². The van der Waals surface area contributed by atoms with Crippen molar-refractivity contribution >= 4 is 39.7 Å². The third-order valence-electron chi connectivity index (χ3n) is 7.23. The summed E-state index contributed by atoms with van der Waals surface area (Å²) in [6.45, 7) is 0.270. The summed E-state index contributed by atoms with van der Waals surface area (Å²) in [5.41, 5.74) is 5.45. The second-order valence-electron chi connectivity index (χ2n) is 9.38. The summed E-state index contributed by atoms with van der Waals surface area (Å²) >= 11 is 0. The van der Waals surface area contributed by atoms with Gasteiger partial charge in [-0.15, -0.1) is 0 Å². The van der Waals surface area contributed by atoms with Crippen LogP contribution in [0.3, 0.4) is 0 Å². The lowest BCUT2D eigenvalue weighted by Gasteiger charge is -2.24. The maximum atomic E-state index is 12.9. The molecule has 2 aliphatic rings. The maximum absolute atomic E-state index is 12.9. The topological polar surface area (TPSA) is 110 Å². The molecule has 0 bridgehead atoms. The Balaban J connectivity index is 1.10. The summed E-state index contributed by atoms with van der Waals surface area (Å²) in [7, 11) is 0. The number of carbonyl (C=O) groups is 3. The first kappa shape index (κ1) is 21.5. The van der Waals surface area contributed by atoms with Gasteiger partial charge in [-0.3, -0.25) is 14.5 Å². The molecule has 4 amide bonds. The lowest BCUT2D eigenvalue weighted by Crippen LogP contribution is -2.38. The number of aromatic amines is 2. The molecule has 0 spiro atoms. The molecule has 0 saturated carbocycles. The first-order chi connectivity index (χ1) is 17.1. The van der Waals surface area contributed by atoms with Gasteiger partial charge in [0.25, 0.3) is 5.91 Å². The summed E-state index contributed by atoms with van der Waals surface area (Å²) in [6.07, 6.45) is 5.20. The average Bonchev–Trinajstić information content (AvgIpc) is 3.52. The molecule has 4 N–H and O–H groups in total. The van der Waals surface area contributed by atoms with Crippen molar-refractivity contribution < 1.29 is 14.4 Å². The zero-order valence-corrected chi connectivity index (χ0v) is 19.3. The second kappa shape index (κ2) is 8.61. The molecule has 8 nitrogen and oxygen atoms in total. The van der Waals surface area contributed by atoms with Gasteiger partial charge in [-0.05, 0) is 48.9 Å². The van der Waals surface area contributed by atoms with Crippen molar-refractivity contribution in [3.05, 3.63) is 71.5 Å². The Hall–Kier alpha value is -4.07. The van der Waals surface area contributed by atoms with E-state index in [1.54, 1.807) is 0 Å². The first-order valence-electron chi connectivity index (χ1n) is 12.1. The maximum Gasteiger partial charge on any atom is 0.324 e. The summed E-state index contributed by atoms with van der Waals surface area (Å²) in [5, 5.41) is 8.06. The number of aromatic nitrogens is 2. The number of nitrogens with zero attached hydrogens (tertiary/aromatic N) is 1. The van der Waals surface area contributed by atoms with E-state index in [1.807, 2.05) is 48.7 Å². The molecule has 178 valence electrons. The molecule has 35 heavy (non-hydrogen) atoms. The monoisotopic (exact) mass is 469 g/mol. The van der Waals surface area contributed by atoms with Gasteiger partial charge in [-0.1, -0.05) is 36.4 Å². The Morgan fingerprint density at radius 3 is 2.66 bits per heavy atom. The van der Waals surface area contributed by atoms with Crippen LogP contribution in [0.2, 0.25) is 0 Å². The van der Waals surface area contributed by atoms with Crippen molar-refractivity contribution in [3.8, 4) is 0 Å². The Morgan fingerprint density at radius 2 is 1.80 bits per heavy atom. The van der Waals surface area contributed by atoms with Crippen LogP contribution in [0.15, 0.2) is 54.7 Å². The minimum absolute atomic E-state index is 0.0692. The van der Waals surface area contributed by atoms with Crippen LogP contribution in [0, 0.1) is 0 Å². The number of hydrogen-bond acceptors (Lipinski definition) is 3. The predicted molar refractivity (Wildman–Crippen MR) is 133 cm³/mol. The fraction of sp³-hybridized carbons (Fsp3) is 0.296. The van der Waals surface area contributed by atoms with E-state index in [0.29, 0.717) is 6.42 Å². The van der Waals surface area contributed by atoms with Gasteiger partial charge in [0.2, 0.25) is 5.91 Å². The highest BCUT2D eigenvalue weighted by atomic mass is 16.2.